The van der Waals surface area contributed by atoms with Crippen molar-refractivity contribution in [1.29, 1.82) is 0 Å². The summed E-state index contributed by atoms with van der Waals surface area (Å²) in [5.41, 5.74) is 0.152. The van der Waals surface area contributed by atoms with Crippen LogP contribution in [0.1, 0.15) is 39.7 Å². The first-order chi connectivity index (χ1) is 9.25. The monoisotopic (exact) mass is 281 g/mol. The van der Waals surface area contributed by atoms with Crippen LogP contribution in [0.25, 0.3) is 0 Å². The molecule has 1 unspecified atom stereocenters. The van der Waals surface area contributed by atoms with Crippen LogP contribution in [0.4, 0.5) is 4.39 Å². The molecule has 1 N–H and O–H groups in total. The van der Waals surface area contributed by atoms with Crippen LogP contribution >= 0.6 is 0 Å². The van der Waals surface area contributed by atoms with Gasteiger partial charge in [-0.15, -0.1) is 0 Å². The number of hydrogen-bond donors (Lipinski definition) is 1. The van der Waals surface area contributed by atoms with Gasteiger partial charge in [-0.2, -0.15) is 0 Å². The predicted octanol–water partition coefficient (Wildman–Crippen LogP) is 3.27. The molecule has 1 fully saturated rings. The second-order valence-corrected chi connectivity index (χ2v) is 6.53. The zero-order valence-corrected chi connectivity index (χ0v) is 12.9. The molecule has 0 aliphatic carbocycles. The van der Waals surface area contributed by atoms with E-state index in [4.69, 9.17) is 9.47 Å². The highest BCUT2D eigenvalue weighted by Gasteiger charge is 2.47. The fourth-order valence-electron chi connectivity index (χ4n) is 2.85. The van der Waals surface area contributed by atoms with E-state index in [1.807, 2.05) is 40.8 Å². The van der Waals surface area contributed by atoms with Crippen molar-refractivity contribution in [1.82, 2.24) is 5.32 Å². The SMILES string of the molecule is CNCc1cccc(F)c1OC1CC(C)(C)OC1(C)C. The van der Waals surface area contributed by atoms with E-state index in [9.17, 15) is 4.39 Å². The van der Waals surface area contributed by atoms with E-state index in [2.05, 4.69) is 5.32 Å². The lowest BCUT2D eigenvalue weighted by atomic mass is 9.97. The third kappa shape index (κ3) is 3.13. The maximum atomic E-state index is 14.1. The Bertz CT molecular complexity index is 485. The van der Waals surface area contributed by atoms with Gasteiger partial charge in [-0.05, 0) is 40.8 Å². The van der Waals surface area contributed by atoms with Gasteiger partial charge in [0, 0.05) is 18.5 Å². The molecule has 3 nitrogen and oxygen atoms in total. The van der Waals surface area contributed by atoms with Crippen molar-refractivity contribution in [3.8, 4) is 5.75 Å². The Labute approximate surface area is 120 Å². The Morgan fingerprint density at radius 3 is 2.60 bits per heavy atom. The van der Waals surface area contributed by atoms with Gasteiger partial charge in [0.05, 0.1) is 5.60 Å². The molecule has 1 aromatic carbocycles. The van der Waals surface area contributed by atoms with Crippen LogP contribution in [0.5, 0.6) is 5.75 Å². The summed E-state index contributed by atoms with van der Waals surface area (Å²) in [5.74, 6) is 0.0134. The van der Waals surface area contributed by atoms with Crippen LogP contribution < -0.4 is 10.1 Å². The molecule has 4 heteroatoms. The molecular formula is C16H24FNO2. The lowest BCUT2D eigenvalue weighted by Gasteiger charge is -2.28. The summed E-state index contributed by atoms with van der Waals surface area (Å²) in [6.07, 6.45) is 0.581. The molecule has 1 aliphatic heterocycles. The number of benzene rings is 1. The van der Waals surface area contributed by atoms with Crippen molar-refractivity contribution in [2.24, 2.45) is 0 Å². The molecule has 1 aromatic rings. The Morgan fingerprint density at radius 1 is 1.35 bits per heavy atom. The first kappa shape index (κ1) is 15.3. The van der Waals surface area contributed by atoms with Gasteiger partial charge in [0.15, 0.2) is 11.6 Å². The molecule has 1 aliphatic rings. The molecule has 0 bridgehead atoms. The van der Waals surface area contributed by atoms with Crippen molar-refractivity contribution in [2.45, 2.75) is 58.0 Å². The van der Waals surface area contributed by atoms with Crippen molar-refractivity contribution >= 4 is 0 Å². The minimum atomic E-state index is -0.428. The number of rotatable bonds is 4. The summed E-state index contributed by atoms with van der Waals surface area (Å²) >= 11 is 0. The van der Waals surface area contributed by atoms with Crippen molar-refractivity contribution in [3.05, 3.63) is 29.6 Å². The van der Waals surface area contributed by atoms with Gasteiger partial charge in [0.25, 0.3) is 0 Å². The van der Waals surface area contributed by atoms with Crippen LogP contribution in [0.15, 0.2) is 18.2 Å². The Balaban J connectivity index is 2.26. The lowest BCUT2D eigenvalue weighted by molar-refractivity contribution is -0.0850. The average molecular weight is 281 g/mol. The number of halogens is 1. The molecule has 0 aromatic heterocycles. The summed E-state index contributed by atoms with van der Waals surface area (Å²) in [5, 5.41) is 3.04. The molecule has 1 atom stereocenters. The largest absolute Gasteiger partial charge is 0.484 e. The average Bonchev–Trinajstić information content (AvgIpc) is 2.51. The highest BCUT2D eigenvalue weighted by atomic mass is 19.1. The summed E-state index contributed by atoms with van der Waals surface area (Å²) in [6.45, 7) is 8.63. The minimum Gasteiger partial charge on any atom is -0.484 e. The summed E-state index contributed by atoms with van der Waals surface area (Å²) in [6, 6.07) is 5.01. The van der Waals surface area contributed by atoms with E-state index in [1.165, 1.54) is 6.07 Å². The lowest BCUT2D eigenvalue weighted by Crippen LogP contribution is -2.37. The van der Waals surface area contributed by atoms with Crippen LogP contribution in [0.2, 0.25) is 0 Å². The number of para-hydroxylation sites is 1. The van der Waals surface area contributed by atoms with Gasteiger partial charge in [0.1, 0.15) is 11.7 Å². The Kier molecular flexibility index (Phi) is 4.07. The van der Waals surface area contributed by atoms with E-state index in [0.717, 1.165) is 12.0 Å². The maximum Gasteiger partial charge on any atom is 0.165 e. The van der Waals surface area contributed by atoms with Crippen LogP contribution in [0, 0.1) is 5.82 Å². The van der Waals surface area contributed by atoms with E-state index >= 15 is 0 Å². The third-order valence-corrected chi connectivity index (χ3v) is 3.67. The van der Waals surface area contributed by atoms with Gasteiger partial charge < -0.3 is 14.8 Å². The molecule has 0 saturated carbocycles. The van der Waals surface area contributed by atoms with Crippen LogP contribution in [-0.2, 0) is 11.3 Å². The summed E-state index contributed by atoms with van der Waals surface area (Å²) < 4.78 is 26.1. The third-order valence-electron chi connectivity index (χ3n) is 3.67. The van der Waals surface area contributed by atoms with Crippen molar-refractivity contribution in [3.63, 3.8) is 0 Å². The second kappa shape index (κ2) is 5.34. The highest BCUT2D eigenvalue weighted by Crippen LogP contribution is 2.40. The molecular weight excluding hydrogens is 257 g/mol. The summed E-state index contributed by atoms with van der Waals surface area (Å²) in [4.78, 5) is 0. The normalized spacial score (nSPS) is 23.8. The van der Waals surface area contributed by atoms with Gasteiger partial charge in [-0.3, -0.25) is 0 Å². The Hall–Kier alpha value is -1.13. The van der Waals surface area contributed by atoms with E-state index in [0.29, 0.717) is 12.3 Å². The van der Waals surface area contributed by atoms with Gasteiger partial charge in [-0.25, -0.2) is 4.39 Å². The zero-order chi connectivity index (χ0) is 15.0. The summed E-state index contributed by atoms with van der Waals surface area (Å²) in [7, 11) is 1.83. The van der Waals surface area contributed by atoms with Crippen LogP contribution in [-0.4, -0.2) is 24.4 Å². The van der Waals surface area contributed by atoms with Crippen molar-refractivity contribution < 1.29 is 13.9 Å². The topological polar surface area (TPSA) is 30.5 Å². The molecule has 0 spiro atoms. The minimum absolute atomic E-state index is 0.162. The molecule has 112 valence electrons. The van der Waals surface area contributed by atoms with Crippen LogP contribution in [0.3, 0.4) is 0 Å². The molecule has 0 radical (unpaired) electrons. The van der Waals surface area contributed by atoms with E-state index in [-0.39, 0.29) is 17.5 Å². The fourth-order valence-corrected chi connectivity index (χ4v) is 2.85. The molecule has 20 heavy (non-hydrogen) atoms. The quantitative estimate of drug-likeness (QED) is 0.919. The fraction of sp³-hybridized carbons (Fsp3) is 0.625. The zero-order valence-electron chi connectivity index (χ0n) is 12.9. The smallest absolute Gasteiger partial charge is 0.165 e. The standard InChI is InChI=1S/C16H24FNO2/c1-15(2)9-13(16(3,4)20-15)19-14-11(10-18-5)7-6-8-12(14)17/h6-8,13,18H,9-10H2,1-5H3. The highest BCUT2D eigenvalue weighted by molar-refractivity contribution is 5.35. The number of ether oxygens (including phenoxy) is 2. The van der Waals surface area contributed by atoms with Crippen molar-refractivity contribution in [2.75, 3.05) is 7.05 Å². The van der Waals surface area contributed by atoms with E-state index < -0.39 is 5.60 Å². The van der Waals surface area contributed by atoms with E-state index in [1.54, 1.807) is 6.07 Å². The van der Waals surface area contributed by atoms with Gasteiger partial charge in [0.2, 0.25) is 0 Å². The molecule has 1 saturated heterocycles. The first-order valence-corrected chi connectivity index (χ1v) is 7.04. The Morgan fingerprint density at radius 2 is 2.05 bits per heavy atom. The number of nitrogens with one attached hydrogen (secondary N) is 1. The molecule has 2 rings (SSSR count). The van der Waals surface area contributed by atoms with Gasteiger partial charge >= 0.3 is 0 Å². The van der Waals surface area contributed by atoms with Gasteiger partial charge in [-0.1, -0.05) is 12.1 Å². The molecule has 1 heterocycles. The molecule has 0 amide bonds. The predicted molar refractivity (Wildman–Crippen MR) is 77.4 cm³/mol. The number of hydrogen-bond acceptors (Lipinski definition) is 3. The maximum absolute atomic E-state index is 14.1. The first-order valence-electron chi connectivity index (χ1n) is 7.04. The second-order valence-electron chi connectivity index (χ2n) is 6.53.